The predicted molar refractivity (Wildman–Crippen MR) is 61.6 cm³/mol. The lowest BCUT2D eigenvalue weighted by atomic mass is 10.0. The number of benzene rings is 1. The van der Waals surface area contributed by atoms with Crippen LogP contribution in [-0.2, 0) is 4.79 Å². The van der Waals surface area contributed by atoms with Crippen LogP contribution in [0.3, 0.4) is 0 Å². The lowest BCUT2D eigenvalue weighted by Gasteiger charge is -2.22. The summed E-state index contributed by atoms with van der Waals surface area (Å²) < 4.78 is 0. The molecule has 0 aliphatic carbocycles. The smallest absolute Gasteiger partial charge is 0.207 e. The van der Waals surface area contributed by atoms with E-state index >= 15 is 0 Å². The Hall–Kier alpha value is -0.800. The zero-order valence-electron chi connectivity index (χ0n) is 8.69. The second kappa shape index (κ2) is 4.62. The Balaban J connectivity index is 3.12. The first kappa shape index (κ1) is 11.3. The second-order valence-electron chi connectivity index (χ2n) is 3.56. The van der Waals surface area contributed by atoms with Crippen molar-refractivity contribution in [1.82, 2.24) is 4.90 Å². The summed E-state index contributed by atoms with van der Waals surface area (Å²) in [6.45, 7) is 2.00. The number of thiol groups is 1. The van der Waals surface area contributed by atoms with Gasteiger partial charge in [-0.05, 0) is 32.1 Å². The minimum atomic E-state index is -0.250. The minimum Gasteiger partial charge on any atom is -0.295 e. The normalized spacial score (nSPS) is 12.9. The largest absolute Gasteiger partial charge is 0.295 e. The van der Waals surface area contributed by atoms with Crippen molar-refractivity contribution in [3.63, 3.8) is 0 Å². The lowest BCUT2D eigenvalue weighted by Crippen LogP contribution is -2.25. The molecule has 0 aliphatic rings. The number of carbonyl (C=O) groups is 1. The molecule has 0 bridgehead atoms. The molecule has 0 fully saturated rings. The van der Waals surface area contributed by atoms with Gasteiger partial charge in [0.25, 0.3) is 0 Å². The summed E-state index contributed by atoms with van der Waals surface area (Å²) in [7, 11) is 3.76. The summed E-state index contributed by atoms with van der Waals surface area (Å²) in [4.78, 5) is 13.2. The first-order chi connectivity index (χ1) is 6.54. The van der Waals surface area contributed by atoms with Crippen molar-refractivity contribution in [1.29, 1.82) is 0 Å². The maximum Gasteiger partial charge on any atom is 0.207 e. The van der Waals surface area contributed by atoms with Gasteiger partial charge in [-0.2, -0.15) is 0 Å². The van der Waals surface area contributed by atoms with Crippen LogP contribution in [0.4, 0.5) is 0 Å². The third-order valence-electron chi connectivity index (χ3n) is 2.23. The van der Waals surface area contributed by atoms with Gasteiger partial charge in [0, 0.05) is 0 Å². The van der Waals surface area contributed by atoms with Crippen molar-refractivity contribution < 1.29 is 4.79 Å². The summed E-state index contributed by atoms with van der Waals surface area (Å²) in [5, 5.41) is -0.121. The van der Waals surface area contributed by atoms with Gasteiger partial charge in [0.05, 0.1) is 0 Å². The molecule has 1 unspecified atom stereocenters. The fourth-order valence-electron chi connectivity index (χ4n) is 1.53. The van der Waals surface area contributed by atoms with E-state index in [0.717, 1.165) is 11.1 Å². The average Bonchev–Trinajstić information content (AvgIpc) is 2.07. The lowest BCUT2D eigenvalue weighted by molar-refractivity contribution is -0.114. The highest BCUT2D eigenvalue weighted by atomic mass is 32.1. The molecule has 0 amide bonds. The number of carbonyl (C=O) groups excluding carboxylic acids is 1. The Morgan fingerprint density at radius 1 is 1.36 bits per heavy atom. The summed E-state index contributed by atoms with van der Waals surface area (Å²) in [6.07, 6.45) is 0. The fraction of sp³-hybridized carbons (Fsp3) is 0.364. The molecule has 0 aromatic heterocycles. The number of likely N-dealkylation sites (N-methyl/N-ethyl adjacent to an activating group) is 1. The summed E-state index contributed by atoms with van der Waals surface area (Å²) in [6, 6.07) is 7.63. The third kappa shape index (κ3) is 2.36. The quantitative estimate of drug-likeness (QED) is 0.769. The molecule has 1 rings (SSSR count). The van der Waals surface area contributed by atoms with Crippen molar-refractivity contribution in [3.05, 3.63) is 35.4 Å². The van der Waals surface area contributed by atoms with Gasteiger partial charge >= 0.3 is 0 Å². The van der Waals surface area contributed by atoms with Gasteiger partial charge in [-0.1, -0.05) is 24.3 Å². The Morgan fingerprint density at radius 3 is 2.36 bits per heavy atom. The van der Waals surface area contributed by atoms with Gasteiger partial charge in [0.1, 0.15) is 6.04 Å². The maximum atomic E-state index is 11.4. The fourth-order valence-corrected chi connectivity index (χ4v) is 1.90. The third-order valence-corrected chi connectivity index (χ3v) is 2.48. The van der Waals surface area contributed by atoms with Crippen molar-refractivity contribution >= 4 is 17.7 Å². The van der Waals surface area contributed by atoms with E-state index in [1.807, 2.05) is 50.2 Å². The van der Waals surface area contributed by atoms with Crippen LogP contribution in [0.25, 0.3) is 0 Å². The van der Waals surface area contributed by atoms with Crippen LogP contribution in [0, 0.1) is 6.92 Å². The molecule has 0 N–H and O–H groups in total. The Kier molecular flexibility index (Phi) is 3.72. The topological polar surface area (TPSA) is 20.3 Å². The number of hydrogen-bond donors (Lipinski definition) is 1. The molecular weight excluding hydrogens is 194 g/mol. The van der Waals surface area contributed by atoms with Gasteiger partial charge in [-0.15, -0.1) is 12.6 Å². The van der Waals surface area contributed by atoms with Gasteiger partial charge in [-0.25, -0.2) is 0 Å². The van der Waals surface area contributed by atoms with Crippen LogP contribution in [0.15, 0.2) is 24.3 Å². The molecule has 3 heteroatoms. The molecule has 0 radical (unpaired) electrons. The monoisotopic (exact) mass is 209 g/mol. The van der Waals surface area contributed by atoms with E-state index in [0.29, 0.717) is 0 Å². The summed E-state index contributed by atoms with van der Waals surface area (Å²) in [5.74, 6) is 0. The van der Waals surface area contributed by atoms with Crippen LogP contribution in [0.1, 0.15) is 17.2 Å². The first-order valence-corrected chi connectivity index (χ1v) is 4.93. The van der Waals surface area contributed by atoms with Gasteiger partial charge < -0.3 is 0 Å². The average molecular weight is 209 g/mol. The molecule has 1 atom stereocenters. The Labute approximate surface area is 90.3 Å². The molecule has 0 saturated heterocycles. The van der Waals surface area contributed by atoms with E-state index in [1.165, 1.54) is 0 Å². The zero-order chi connectivity index (χ0) is 10.7. The molecule has 0 aliphatic heterocycles. The maximum absolute atomic E-state index is 11.4. The highest BCUT2D eigenvalue weighted by Gasteiger charge is 2.20. The van der Waals surface area contributed by atoms with E-state index in [-0.39, 0.29) is 11.2 Å². The minimum absolute atomic E-state index is 0.121. The van der Waals surface area contributed by atoms with Crippen molar-refractivity contribution in [2.75, 3.05) is 14.1 Å². The van der Waals surface area contributed by atoms with E-state index in [9.17, 15) is 4.79 Å². The molecule has 0 spiro atoms. The Morgan fingerprint density at radius 2 is 1.93 bits per heavy atom. The van der Waals surface area contributed by atoms with Gasteiger partial charge in [0.15, 0.2) is 0 Å². The predicted octanol–water partition coefficient (Wildman–Crippen LogP) is 2.05. The highest BCUT2D eigenvalue weighted by molar-refractivity contribution is 7.96. The van der Waals surface area contributed by atoms with Crippen LogP contribution < -0.4 is 0 Å². The van der Waals surface area contributed by atoms with Crippen molar-refractivity contribution in [2.24, 2.45) is 0 Å². The second-order valence-corrected chi connectivity index (χ2v) is 4.00. The van der Waals surface area contributed by atoms with Crippen LogP contribution in [0.5, 0.6) is 0 Å². The number of nitrogens with zero attached hydrogens (tertiary/aromatic N) is 1. The van der Waals surface area contributed by atoms with Gasteiger partial charge in [0.2, 0.25) is 5.12 Å². The van der Waals surface area contributed by atoms with Crippen LogP contribution in [0.2, 0.25) is 0 Å². The molecular formula is C11H15NOS. The molecule has 76 valence electrons. The molecule has 0 saturated carbocycles. The molecule has 1 aromatic carbocycles. The van der Waals surface area contributed by atoms with Crippen molar-refractivity contribution in [2.45, 2.75) is 13.0 Å². The molecule has 1 aromatic rings. The number of hydrogen-bond acceptors (Lipinski definition) is 2. The zero-order valence-corrected chi connectivity index (χ0v) is 9.58. The summed E-state index contributed by atoms with van der Waals surface area (Å²) in [5.41, 5.74) is 2.14. The van der Waals surface area contributed by atoms with E-state index < -0.39 is 0 Å². The Bertz CT molecular complexity index is 336. The SMILES string of the molecule is Cc1ccccc1C(C(=O)S)N(C)C. The molecule has 0 heterocycles. The van der Waals surface area contributed by atoms with Crippen LogP contribution in [-0.4, -0.2) is 24.1 Å². The van der Waals surface area contributed by atoms with Gasteiger partial charge in [-0.3, -0.25) is 9.69 Å². The van der Waals surface area contributed by atoms with E-state index in [4.69, 9.17) is 0 Å². The molecule has 2 nitrogen and oxygen atoms in total. The highest BCUT2D eigenvalue weighted by Crippen LogP contribution is 2.23. The number of aryl methyl sites for hydroxylation is 1. The summed E-state index contributed by atoms with van der Waals surface area (Å²) >= 11 is 3.91. The van der Waals surface area contributed by atoms with Crippen LogP contribution >= 0.6 is 12.6 Å². The number of rotatable bonds is 3. The van der Waals surface area contributed by atoms with Crippen molar-refractivity contribution in [3.8, 4) is 0 Å². The standard InChI is InChI=1S/C11H15NOS/c1-8-6-4-5-7-9(8)10(11(13)14)12(2)3/h4-7,10H,1-3H3,(H,13,14). The van der Waals surface area contributed by atoms with E-state index in [2.05, 4.69) is 12.6 Å². The molecule has 14 heavy (non-hydrogen) atoms. The van der Waals surface area contributed by atoms with E-state index in [1.54, 1.807) is 0 Å². The first-order valence-electron chi connectivity index (χ1n) is 4.49.